The van der Waals surface area contributed by atoms with Gasteiger partial charge in [-0.15, -0.1) is 12.4 Å². The van der Waals surface area contributed by atoms with Gasteiger partial charge in [-0.3, -0.25) is 9.69 Å². The van der Waals surface area contributed by atoms with Gasteiger partial charge in [-0.25, -0.2) is 0 Å². The van der Waals surface area contributed by atoms with Gasteiger partial charge in [-0.1, -0.05) is 12.1 Å². The Morgan fingerprint density at radius 1 is 1.25 bits per heavy atom. The number of carbonyl (C=O) groups is 1. The summed E-state index contributed by atoms with van der Waals surface area (Å²) in [4.78, 5) is 16.0. The van der Waals surface area contributed by atoms with E-state index in [4.69, 9.17) is 0 Å². The van der Waals surface area contributed by atoms with E-state index >= 15 is 0 Å². The maximum Gasteiger partial charge on any atom is 0.446 e. The first kappa shape index (κ1) is 21.1. The average Bonchev–Trinajstić information content (AvgIpc) is 2.48. The van der Waals surface area contributed by atoms with Gasteiger partial charge in [-0.2, -0.15) is 13.2 Å². The van der Waals surface area contributed by atoms with Gasteiger partial charge in [0.15, 0.2) is 0 Å². The number of hydrogen-bond acceptors (Lipinski definition) is 4. The molecule has 1 aromatic carbocycles. The highest BCUT2D eigenvalue weighted by molar-refractivity contribution is 8.00. The summed E-state index contributed by atoms with van der Waals surface area (Å²) in [7, 11) is 1.83. The Morgan fingerprint density at radius 3 is 2.38 bits per heavy atom. The van der Waals surface area contributed by atoms with Crippen molar-refractivity contribution in [2.45, 2.75) is 16.9 Å². The zero-order valence-electron chi connectivity index (χ0n) is 13.3. The number of nitrogens with zero attached hydrogens (tertiary/aromatic N) is 2. The number of thioether (sulfide) groups is 1. The lowest BCUT2D eigenvalue weighted by molar-refractivity contribution is -0.132. The van der Waals surface area contributed by atoms with Crippen molar-refractivity contribution in [1.29, 1.82) is 0 Å². The molecular formula is C15H21ClF3N3OS. The second kappa shape index (κ2) is 9.50. The second-order valence-electron chi connectivity index (χ2n) is 5.49. The number of hydrogen-bond donors (Lipinski definition) is 1. The molecular weight excluding hydrogens is 363 g/mol. The lowest BCUT2D eigenvalue weighted by atomic mass is 10.2. The molecule has 1 fully saturated rings. The van der Waals surface area contributed by atoms with Crippen LogP contribution in [0.1, 0.15) is 5.56 Å². The molecule has 4 nitrogen and oxygen atoms in total. The molecule has 24 heavy (non-hydrogen) atoms. The van der Waals surface area contributed by atoms with E-state index in [9.17, 15) is 18.0 Å². The van der Waals surface area contributed by atoms with Crippen LogP contribution in [0.5, 0.6) is 0 Å². The van der Waals surface area contributed by atoms with Crippen molar-refractivity contribution in [2.24, 2.45) is 0 Å². The summed E-state index contributed by atoms with van der Waals surface area (Å²) in [6, 6.07) is 6.25. The third kappa shape index (κ3) is 7.29. The maximum absolute atomic E-state index is 12.3. The molecule has 0 aliphatic carbocycles. The minimum atomic E-state index is -4.27. The van der Waals surface area contributed by atoms with E-state index in [0.717, 1.165) is 31.7 Å². The summed E-state index contributed by atoms with van der Waals surface area (Å²) < 4.78 is 36.8. The van der Waals surface area contributed by atoms with Crippen LogP contribution in [-0.4, -0.2) is 61.0 Å². The Hall–Kier alpha value is -0.960. The number of piperazine rings is 1. The molecule has 0 atom stereocenters. The Morgan fingerprint density at radius 2 is 1.83 bits per heavy atom. The minimum Gasteiger partial charge on any atom is -0.339 e. The summed E-state index contributed by atoms with van der Waals surface area (Å²) in [5, 5.41) is 3.19. The Kier molecular flexibility index (Phi) is 8.35. The van der Waals surface area contributed by atoms with E-state index in [-0.39, 0.29) is 35.0 Å². The molecule has 136 valence electrons. The lowest BCUT2D eigenvalue weighted by Gasteiger charge is -2.29. The van der Waals surface area contributed by atoms with Gasteiger partial charge in [0.05, 0.1) is 6.54 Å². The van der Waals surface area contributed by atoms with Gasteiger partial charge in [0.1, 0.15) is 0 Å². The van der Waals surface area contributed by atoms with Crippen LogP contribution in [0.25, 0.3) is 0 Å². The zero-order chi connectivity index (χ0) is 16.9. The SMILES string of the molecule is CN(CC(=O)N1CCNCC1)Cc1ccc(SC(F)(F)F)cc1.Cl. The van der Waals surface area contributed by atoms with E-state index in [1.165, 1.54) is 12.1 Å². The third-order valence-electron chi connectivity index (χ3n) is 3.48. The Bertz CT molecular complexity index is 522. The van der Waals surface area contributed by atoms with Crippen molar-refractivity contribution < 1.29 is 18.0 Å². The van der Waals surface area contributed by atoms with Crippen LogP contribution in [0.15, 0.2) is 29.2 Å². The van der Waals surface area contributed by atoms with Crippen LogP contribution in [0.4, 0.5) is 13.2 Å². The van der Waals surface area contributed by atoms with Crippen molar-refractivity contribution in [3.63, 3.8) is 0 Å². The zero-order valence-corrected chi connectivity index (χ0v) is 14.9. The van der Waals surface area contributed by atoms with Crippen LogP contribution in [-0.2, 0) is 11.3 Å². The molecule has 0 spiro atoms. The topological polar surface area (TPSA) is 35.6 Å². The summed E-state index contributed by atoms with van der Waals surface area (Å²) in [6.07, 6.45) is 0. The normalized spacial score (nSPS) is 15.3. The first-order chi connectivity index (χ1) is 10.8. The molecule has 9 heteroatoms. The van der Waals surface area contributed by atoms with Gasteiger partial charge >= 0.3 is 5.51 Å². The number of alkyl halides is 3. The van der Waals surface area contributed by atoms with E-state index in [1.54, 1.807) is 12.1 Å². The molecule has 0 radical (unpaired) electrons. The summed E-state index contributed by atoms with van der Waals surface area (Å²) >= 11 is -0.123. The lowest BCUT2D eigenvalue weighted by Crippen LogP contribution is -2.49. The number of likely N-dealkylation sites (N-methyl/N-ethyl adjacent to an activating group) is 1. The molecule has 1 aliphatic heterocycles. The number of halogens is 4. The molecule has 1 amide bonds. The third-order valence-corrected chi connectivity index (χ3v) is 4.22. The van der Waals surface area contributed by atoms with Crippen molar-refractivity contribution in [3.05, 3.63) is 29.8 Å². The Labute approximate surface area is 150 Å². The van der Waals surface area contributed by atoms with Crippen LogP contribution in [0.3, 0.4) is 0 Å². The van der Waals surface area contributed by atoms with Crippen LogP contribution in [0, 0.1) is 0 Å². The minimum absolute atomic E-state index is 0. The first-order valence-electron chi connectivity index (χ1n) is 7.35. The van der Waals surface area contributed by atoms with Crippen LogP contribution in [0.2, 0.25) is 0 Å². The quantitative estimate of drug-likeness (QED) is 0.793. The summed E-state index contributed by atoms with van der Waals surface area (Å²) in [6.45, 7) is 3.89. The monoisotopic (exact) mass is 383 g/mol. The summed E-state index contributed by atoms with van der Waals surface area (Å²) in [5.41, 5.74) is -3.39. The fraction of sp³-hybridized carbons (Fsp3) is 0.533. The van der Waals surface area contributed by atoms with E-state index < -0.39 is 5.51 Å². The van der Waals surface area contributed by atoms with E-state index in [0.29, 0.717) is 13.1 Å². The fourth-order valence-electron chi connectivity index (χ4n) is 2.41. The second-order valence-corrected chi connectivity index (χ2v) is 6.63. The van der Waals surface area contributed by atoms with Crippen molar-refractivity contribution in [2.75, 3.05) is 39.8 Å². The number of rotatable bonds is 5. The molecule has 0 saturated carbocycles. The first-order valence-corrected chi connectivity index (χ1v) is 8.17. The molecule has 2 rings (SSSR count). The number of amides is 1. The molecule has 0 bridgehead atoms. The molecule has 1 heterocycles. The summed E-state index contributed by atoms with van der Waals surface area (Å²) in [5.74, 6) is 0.0817. The number of benzene rings is 1. The highest BCUT2D eigenvalue weighted by Crippen LogP contribution is 2.36. The predicted octanol–water partition coefficient (Wildman–Crippen LogP) is 2.58. The largest absolute Gasteiger partial charge is 0.446 e. The molecule has 0 unspecified atom stereocenters. The standard InChI is InChI=1S/C15H20F3N3OS.ClH/c1-20(11-14(22)21-8-6-19-7-9-21)10-12-2-4-13(5-3-12)23-15(16,17)18;/h2-5,19H,6-11H2,1H3;1H. The highest BCUT2D eigenvalue weighted by Gasteiger charge is 2.29. The maximum atomic E-state index is 12.3. The smallest absolute Gasteiger partial charge is 0.339 e. The predicted molar refractivity (Wildman–Crippen MR) is 91.4 cm³/mol. The van der Waals surface area contributed by atoms with Crippen molar-refractivity contribution in [1.82, 2.24) is 15.1 Å². The van der Waals surface area contributed by atoms with Crippen molar-refractivity contribution in [3.8, 4) is 0 Å². The molecule has 1 N–H and O–H groups in total. The fourth-order valence-corrected chi connectivity index (χ4v) is 2.95. The highest BCUT2D eigenvalue weighted by atomic mass is 35.5. The Balaban J connectivity index is 0.00000288. The van der Waals surface area contributed by atoms with E-state index in [1.807, 2.05) is 16.8 Å². The van der Waals surface area contributed by atoms with Gasteiger partial charge in [0.2, 0.25) is 5.91 Å². The number of nitrogens with one attached hydrogen (secondary N) is 1. The van der Waals surface area contributed by atoms with E-state index in [2.05, 4.69) is 5.32 Å². The van der Waals surface area contributed by atoms with Gasteiger partial charge in [0, 0.05) is 37.6 Å². The van der Waals surface area contributed by atoms with Gasteiger partial charge in [0.25, 0.3) is 0 Å². The van der Waals surface area contributed by atoms with Crippen LogP contribution < -0.4 is 5.32 Å². The number of carbonyl (C=O) groups excluding carboxylic acids is 1. The average molecular weight is 384 g/mol. The van der Waals surface area contributed by atoms with Crippen LogP contribution >= 0.6 is 24.2 Å². The molecule has 1 aliphatic rings. The molecule has 1 aromatic rings. The van der Waals surface area contributed by atoms with Crippen molar-refractivity contribution >= 4 is 30.1 Å². The molecule has 0 aromatic heterocycles. The molecule has 1 saturated heterocycles. The van der Waals surface area contributed by atoms with Gasteiger partial charge in [-0.05, 0) is 36.5 Å². The van der Waals surface area contributed by atoms with Gasteiger partial charge < -0.3 is 10.2 Å².